The third-order valence-electron chi connectivity index (χ3n) is 4.89. The van der Waals surface area contributed by atoms with Crippen molar-refractivity contribution in [1.82, 2.24) is 14.8 Å². The summed E-state index contributed by atoms with van der Waals surface area (Å²) in [6, 6.07) is -0.486. The zero-order valence-electron chi connectivity index (χ0n) is 15.2. The summed E-state index contributed by atoms with van der Waals surface area (Å²) in [6.07, 6.45) is 2.10. The van der Waals surface area contributed by atoms with Gasteiger partial charge in [-0.15, -0.1) is 0 Å². The Morgan fingerprint density at radius 2 is 1.92 bits per heavy atom. The average molecular weight is 367 g/mol. The van der Waals surface area contributed by atoms with Crippen molar-refractivity contribution in [1.29, 1.82) is 0 Å². The van der Waals surface area contributed by atoms with Gasteiger partial charge < -0.3 is 9.32 Å². The molecule has 1 aromatic heterocycles. The number of amides is 1. The lowest BCUT2D eigenvalue weighted by Gasteiger charge is -2.43. The van der Waals surface area contributed by atoms with Crippen LogP contribution in [-0.2, 0) is 9.84 Å². The largest absolute Gasteiger partial charge is 0.445 e. The van der Waals surface area contributed by atoms with Crippen LogP contribution in [-0.4, -0.2) is 72.3 Å². The van der Waals surface area contributed by atoms with Gasteiger partial charge in [-0.25, -0.2) is 13.4 Å². The summed E-state index contributed by atoms with van der Waals surface area (Å²) in [4.78, 5) is 21.0. The fourth-order valence-electron chi connectivity index (χ4n) is 3.67. The van der Waals surface area contributed by atoms with Crippen LogP contribution in [0.3, 0.4) is 0 Å². The molecule has 2 aliphatic heterocycles. The minimum absolute atomic E-state index is 0.0185. The lowest BCUT2D eigenvalue weighted by Crippen LogP contribution is -2.60. The van der Waals surface area contributed by atoms with Crippen LogP contribution in [0.15, 0.2) is 16.1 Å². The molecular weight excluding hydrogens is 342 g/mol. The highest BCUT2D eigenvalue weighted by Gasteiger charge is 2.48. The molecule has 3 rings (SSSR count). The highest BCUT2D eigenvalue weighted by Crippen LogP contribution is 2.28. The van der Waals surface area contributed by atoms with Crippen molar-refractivity contribution in [3.8, 4) is 0 Å². The van der Waals surface area contributed by atoms with E-state index in [9.17, 15) is 13.2 Å². The molecule has 138 valence electrons. The van der Waals surface area contributed by atoms with Crippen LogP contribution in [0.5, 0.6) is 0 Å². The topological polar surface area (TPSA) is 83.7 Å². The van der Waals surface area contributed by atoms with Gasteiger partial charge in [0.15, 0.2) is 21.4 Å². The first kappa shape index (κ1) is 18.1. The van der Waals surface area contributed by atoms with E-state index in [-0.39, 0.29) is 29.5 Å². The van der Waals surface area contributed by atoms with E-state index in [1.54, 1.807) is 18.7 Å². The number of aryl methyl sites for hydroxylation is 2. The Balaban J connectivity index is 1.87. The van der Waals surface area contributed by atoms with E-state index in [4.69, 9.17) is 4.42 Å². The van der Waals surface area contributed by atoms with Gasteiger partial charge in [0.25, 0.3) is 5.91 Å². The molecule has 0 unspecified atom stereocenters. The number of aromatic nitrogens is 1. The first-order valence-corrected chi connectivity index (χ1v) is 10.3. The predicted octanol–water partition coefficient (Wildman–Crippen LogP) is 1.18. The van der Waals surface area contributed by atoms with Crippen LogP contribution in [0.2, 0.25) is 0 Å². The van der Waals surface area contributed by atoms with Crippen molar-refractivity contribution in [2.24, 2.45) is 0 Å². The van der Waals surface area contributed by atoms with E-state index in [1.807, 2.05) is 13.8 Å². The number of allylic oxidation sites excluding steroid dienone is 1. The van der Waals surface area contributed by atoms with Gasteiger partial charge in [-0.1, -0.05) is 11.6 Å². The molecule has 25 heavy (non-hydrogen) atoms. The van der Waals surface area contributed by atoms with E-state index < -0.39 is 9.84 Å². The molecule has 1 aromatic rings. The fraction of sp³-hybridized carbons (Fsp3) is 0.647. The molecular formula is C17H25N3O4S. The quantitative estimate of drug-likeness (QED) is 0.746. The van der Waals surface area contributed by atoms with Crippen molar-refractivity contribution in [2.45, 2.75) is 39.8 Å². The molecule has 2 fully saturated rings. The number of oxazole rings is 1. The molecule has 7 nitrogen and oxygen atoms in total. The summed E-state index contributed by atoms with van der Waals surface area (Å²) in [5.74, 6) is 0.813. The summed E-state index contributed by atoms with van der Waals surface area (Å²) in [6.45, 7) is 9.32. The maximum Gasteiger partial charge on any atom is 0.276 e. The number of piperazine rings is 1. The number of fused-ring (bicyclic) bond motifs is 1. The Morgan fingerprint density at radius 1 is 1.24 bits per heavy atom. The SMILES string of the molecule is CC(C)=CCN1CCN(C(=O)c2nc(C)oc2C)[C@H]2CS(=O)(=O)C[C@H]21. The molecule has 0 radical (unpaired) electrons. The fourth-order valence-corrected chi connectivity index (χ4v) is 5.68. The highest BCUT2D eigenvalue weighted by molar-refractivity contribution is 7.91. The molecule has 2 atom stereocenters. The number of nitrogens with zero attached hydrogens (tertiary/aromatic N) is 3. The van der Waals surface area contributed by atoms with Gasteiger partial charge in [0.2, 0.25) is 0 Å². The highest BCUT2D eigenvalue weighted by atomic mass is 32.2. The number of carbonyl (C=O) groups is 1. The summed E-state index contributed by atoms with van der Waals surface area (Å²) in [7, 11) is -3.15. The second-order valence-corrected chi connectivity index (χ2v) is 9.28. The standard InChI is InChI=1S/C17H25N3O4S/c1-11(2)5-6-19-7-8-20(15-10-25(22,23)9-14(15)19)17(21)16-12(3)24-13(4)18-16/h5,14-15H,6-10H2,1-4H3/t14-,15+/m1/s1. The van der Waals surface area contributed by atoms with Gasteiger partial charge in [0.05, 0.1) is 17.5 Å². The molecule has 0 spiro atoms. The van der Waals surface area contributed by atoms with Crippen LogP contribution >= 0.6 is 0 Å². The second kappa shape index (κ2) is 6.57. The van der Waals surface area contributed by atoms with E-state index in [0.717, 1.165) is 0 Å². The minimum Gasteiger partial charge on any atom is -0.445 e. The monoisotopic (exact) mass is 367 g/mol. The molecule has 0 aliphatic carbocycles. The first-order valence-electron chi connectivity index (χ1n) is 8.51. The van der Waals surface area contributed by atoms with Crippen molar-refractivity contribution in [3.05, 3.63) is 29.0 Å². The molecule has 0 aromatic carbocycles. The Bertz CT molecular complexity index is 808. The number of sulfone groups is 1. The number of hydrogen-bond donors (Lipinski definition) is 0. The third-order valence-corrected chi connectivity index (χ3v) is 6.59. The Morgan fingerprint density at radius 3 is 2.52 bits per heavy atom. The molecule has 3 heterocycles. The molecule has 0 N–H and O–H groups in total. The van der Waals surface area contributed by atoms with Gasteiger partial charge in [-0.2, -0.15) is 0 Å². The summed E-state index contributed by atoms with van der Waals surface area (Å²) in [5.41, 5.74) is 1.49. The number of carbonyl (C=O) groups excluding carboxylic acids is 1. The molecule has 2 saturated heterocycles. The Kier molecular flexibility index (Phi) is 4.76. The van der Waals surface area contributed by atoms with Crippen molar-refractivity contribution >= 4 is 15.7 Å². The zero-order chi connectivity index (χ0) is 18.4. The Labute approximate surface area is 148 Å². The average Bonchev–Trinajstić information content (AvgIpc) is 3.01. The van der Waals surface area contributed by atoms with Crippen molar-refractivity contribution in [3.63, 3.8) is 0 Å². The predicted molar refractivity (Wildman–Crippen MR) is 94.2 cm³/mol. The van der Waals surface area contributed by atoms with E-state index in [1.165, 1.54) is 5.57 Å². The molecule has 1 amide bonds. The maximum atomic E-state index is 12.9. The van der Waals surface area contributed by atoms with Crippen LogP contribution < -0.4 is 0 Å². The maximum absolute atomic E-state index is 12.9. The summed E-state index contributed by atoms with van der Waals surface area (Å²) in [5, 5.41) is 0. The summed E-state index contributed by atoms with van der Waals surface area (Å²) >= 11 is 0. The smallest absolute Gasteiger partial charge is 0.276 e. The van der Waals surface area contributed by atoms with Crippen LogP contribution in [0.4, 0.5) is 0 Å². The third kappa shape index (κ3) is 3.64. The van der Waals surface area contributed by atoms with Gasteiger partial charge in [0, 0.05) is 32.6 Å². The van der Waals surface area contributed by atoms with Crippen molar-refractivity contribution in [2.75, 3.05) is 31.1 Å². The molecule has 0 saturated carbocycles. The van der Waals surface area contributed by atoms with Crippen LogP contribution in [0.1, 0.15) is 36.0 Å². The summed E-state index contributed by atoms with van der Waals surface area (Å²) < 4.78 is 29.9. The van der Waals surface area contributed by atoms with Crippen LogP contribution in [0, 0.1) is 13.8 Å². The van der Waals surface area contributed by atoms with Gasteiger partial charge in [-0.05, 0) is 20.8 Å². The first-order chi connectivity index (χ1) is 11.7. The molecule has 0 bridgehead atoms. The van der Waals surface area contributed by atoms with Crippen molar-refractivity contribution < 1.29 is 17.6 Å². The van der Waals surface area contributed by atoms with Gasteiger partial charge in [-0.3, -0.25) is 9.69 Å². The zero-order valence-corrected chi connectivity index (χ0v) is 16.0. The van der Waals surface area contributed by atoms with E-state index >= 15 is 0 Å². The normalized spacial score (nSPS) is 25.7. The molecule has 2 aliphatic rings. The van der Waals surface area contributed by atoms with Gasteiger partial charge in [0.1, 0.15) is 5.76 Å². The lowest BCUT2D eigenvalue weighted by atomic mass is 10.0. The van der Waals surface area contributed by atoms with E-state index in [2.05, 4.69) is 16.0 Å². The number of hydrogen-bond acceptors (Lipinski definition) is 6. The van der Waals surface area contributed by atoms with Crippen LogP contribution in [0.25, 0.3) is 0 Å². The van der Waals surface area contributed by atoms with Gasteiger partial charge >= 0.3 is 0 Å². The Hall–Kier alpha value is -1.67. The second-order valence-electron chi connectivity index (χ2n) is 7.12. The van der Waals surface area contributed by atoms with E-state index in [0.29, 0.717) is 37.0 Å². The lowest BCUT2D eigenvalue weighted by molar-refractivity contribution is 0.0362. The minimum atomic E-state index is -3.15. The molecule has 8 heteroatoms. The number of rotatable bonds is 3.